The fraction of sp³-hybridized carbons (Fsp3) is 0.625. The highest BCUT2D eigenvalue weighted by Crippen LogP contribution is 2.48. The Morgan fingerprint density at radius 3 is 2.41 bits per heavy atom. The molecule has 7 unspecified atom stereocenters. The van der Waals surface area contributed by atoms with Crippen LogP contribution in [0.5, 0.6) is 17.4 Å². The number of hydrogen-bond acceptors (Lipinski definition) is 11. The number of methoxy groups -OCH3 is 2. The molecular formula is C40H55N5O10S. The van der Waals surface area contributed by atoms with Crippen molar-refractivity contribution >= 4 is 44.6 Å². The minimum atomic E-state index is -4.01. The number of carbonyl (C=O) groups excluding carboxylic acids is 4. The largest absolute Gasteiger partial charge is 0.493 e. The quantitative estimate of drug-likeness (QED) is 0.322. The van der Waals surface area contributed by atoms with E-state index in [1.165, 1.54) is 19.1 Å². The van der Waals surface area contributed by atoms with Crippen molar-refractivity contribution in [3.8, 4) is 17.4 Å². The molecule has 3 heterocycles. The second-order valence-corrected chi connectivity index (χ2v) is 19.3. The summed E-state index contributed by atoms with van der Waals surface area (Å²) in [5, 5.41) is 7.08. The van der Waals surface area contributed by atoms with E-state index < -0.39 is 73.8 Å². The highest BCUT2D eigenvalue weighted by Gasteiger charge is 2.63. The standard InChI is InChI=1S/C40H55N5O10S/c1-23-11-9-10-12-26-21-40(26,36(48)44-56(50,51)39(6)14-15-39)43-33(46)29-19-27(54-34-28-20-31(53-8)30(52-7)18-25(28)13-16-41-34)22-45(29)35(47)32(24(2)17-23)42-37(49)55-38(3,4)5/h10,12-13,16,18,20,23-24,26-27,29,32H,9,11,14-15,17,19,21-22H2,1-8H3,(H,42,49)(H,43,46)(H,44,48). The summed E-state index contributed by atoms with van der Waals surface area (Å²) in [4.78, 5) is 62.4. The van der Waals surface area contributed by atoms with E-state index in [1.807, 2.05) is 19.1 Å². The van der Waals surface area contributed by atoms with Gasteiger partial charge >= 0.3 is 6.09 Å². The number of allylic oxidation sites excluding steroid dienone is 1. The molecule has 15 nitrogen and oxygen atoms in total. The Kier molecular flexibility index (Phi) is 11.3. The molecule has 2 aliphatic carbocycles. The number of carbonyl (C=O) groups is 4. The van der Waals surface area contributed by atoms with Gasteiger partial charge in [0, 0.05) is 23.9 Å². The Morgan fingerprint density at radius 2 is 1.75 bits per heavy atom. The fourth-order valence-corrected chi connectivity index (χ4v) is 9.07. The van der Waals surface area contributed by atoms with Crippen LogP contribution >= 0.6 is 0 Å². The topological polar surface area (TPSA) is 192 Å². The molecule has 0 spiro atoms. The molecule has 0 radical (unpaired) electrons. The Balaban J connectivity index is 1.36. The Hall–Kier alpha value is -4.60. The molecule has 1 aromatic heterocycles. The summed E-state index contributed by atoms with van der Waals surface area (Å²) in [6.07, 6.45) is 6.97. The number of aromatic nitrogens is 1. The minimum absolute atomic E-state index is 0.0153. The summed E-state index contributed by atoms with van der Waals surface area (Å²) in [5.74, 6) is -1.41. The average molecular weight is 798 g/mol. The molecule has 4 aliphatic rings. The van der Waals surface area contributed by atoms with Gasteiger partial charge in [-0.1, -0.05) is 26.0 Å². The first kappa shape index (κ1) is 41.0. The van der Waals surface area contributed by atoms with Gasteiger partial charge in [-0.15, -0.1) is 0 Å². The number of hydrogen-bond donors (Lipinski definition) is 3. The Labute approximate surface area is 328 Å². The lowest BCUT2D eigenvalue weighted by molar-refractivity contribution is -0.142. The molecule has 0 bridgehead atoms. The van der Waals surface area contributed by atoms with Crippen LogP contribution in [0, 0.1) is 17.8 Å². The van der Waals surface area contributed by atoms with Gasteiger partial charge in [0.05, 0.1) is 25.5 Å². The number of nitrogens with zero attached hydrogens (tertiary/aromatic N) is 2. The van der Waals surface area contributed by atoms with E-state index in [1.54, 1.807) is 52.1 Å². The van der Waals surface area contributed by atoms with Gasteiger partial charge in [-0.05, 0) is 102 Å². The molecule has 3 N–H and O–H groups in total. The van der Waals surface area contributed by atoms with E-state index in [-0.39, 0.29) is 37.1 Å². The minimum Gasteiger partial charge on any atom is -0.493 e. The zero-order chi connectivity index (χ0) is 40.8. The molecule has 2 aromatic rings. The number of nitrogens with one attached hydrogen (secondary N) is 3. The molecule has 16 heteroatoms. The van der Waals surface area contributed by atoms with E-state index in [9.17, 15) is 27.6 Å². The van der Waals surface area contributed by atoms with Crippen LogP contribution in [-0.4, -0.2) is 97.0 Å². The molecule has 1 aromatic carbocycles. The molecule has 56 heavy (non-hydrogen) atoms. The lowest BCUT2D eigenvalue weighted by Crippen LogP contribution is -2.59. The molecule has 2 aliphatic heterocycles. The highest BCUT2D eigenvalue weighted by molar-refractivity contribution is 7.91. The van der Waals surface area contributed by atoms with Crippen molar-refractivity contribution in [2.75, 3.05) is 20.8 Å². The maximum absolute atomic E-state index is 14.8. The number of ether oxygens (including phenoxy) is 4. The van der Waals surface area contributed by atoms with Crippen LogP contribution in [0.2, 0.25) is 0 Å². The van der Waals surface area contributed by atoms with Gasteiger partial charge in [0.1, 0.15) is 29.3 Å². The molecule has 2 saturated carbocycles. The van der Waals surface area contributed by atoms with Gasteiger partial charge in [0.15, 0.2) is 11.5 Å². The van der Waals surface area contributed by atoms with Crippen LogP contribution in [0.25, 0.3) is 10.8 Å². The van der Waals surface area contributed by atoms with Crippen LogP contribution in [0.1, 0.15) is 86.5 Å². The van der Waals surface area contributed by atoms with Crippen LogP contribution in [-0.2, 0) is 29.1 Å². The van der Waals surface area contributed by atoms with E-state index in [0.717, 1.165) is 11.8 Å². The van der Waals surface area contributed by atoms with Gasteiger partial charge in [-0.3, -0.25) is 19.1 Å². The third kappa shape index (κ3) is 8.54. The number of sulfonamides is 1. The number of pyridine rings is 1. The summed E-state index contributed by atoms with van der Waals surface area (Å²) >= 11 is 0. The number of alkyl carbamates (subject to hydrolysis) is 1. The number of rotatable bonds is 8. The van der Waals surface area contributed by atoms with Crippen molar-refractivity contribution in [3.05, 3.63) is 36.5 Å². The van der Waals surface area contributed by atoms with Crippen molar-refractivity contribution in [1.29, 1.82) is 0 Å². The third-order valence-electron chi connectivity index (χ3n) is 11.4. The van der Waals surface area contributed by atoms with E-state index in [2.05, 4.69) is 27.3 Å². The predicted octanol–water partition coefficient (Wildman–Crippen LogP) is 4.38. The van der Waals surface area contributed by atoms with Gasteiger partial charge in [0.2, 0.25) is 27.7 Å². The summed E-state index contributed by atoms with van der Waals surface area (Å²) in [6.45, 7) is 10.7. The first-order chi connectivity index (χ1) is 26.3. The first-order valence-electron chi connectivity index (χ1n) is 19.3. The van der Waals surface area contributed by atoms with Gasteiger partial charge < -0.3 is 34.5 Å². The molecular weight excluding hydrogens is 743 g/mol. The van der Waals surface area contributed by atoms with Gasteiger partial charge in [-0.2, -0.15) is 0 Å². The van der Waals surface area contributed by atoms with Crippen molar-refractivity contribution < 1.29 is 46.5 Å². The molecule has 6 rings (SSSR count). The van der Waals surface area contributed by atoms with Crippen molar-refractivity contribution in [1.82, 2.24) is 25.2 Å². The summed E-state index contributed by atoms with van der Waals surface area (Å²) < 4.78 is 50.7. The average Bonchev–Trinajstić information content (AvgIpc) is 4.00. The van der Waals surface area contributed by atoms with Crippen LogP contribution in [0.15, 0.2) is 36.5 Å². The normalized spacial score (nSPS) is 29.1. The first-order valence-corrected chi connectivity index (χ1v) is 20.8. The van der Waals surface area contributed by atoms with Gasteiger partial charge in [0.25, 0.3) is 5.91 Å². The lowest BCUT2D eigenvalue weighted by Gasteiger charge is -2.33. The molecule has 1 saturated heterocycles. The number of benzene rings is 1. The maximum atomic E-state index is 14.8. The third-order valence-corrected chi connectivity index (χ3v) is 13.6. The molecule has 306 valence electrons. The molecule has 4 amide bonds. The van der Waals surface area contributed by atoms with E-state index in [4.69, 9.17) is 18.9 Å². The lowest BCUT2D eigenvalue weighted by atomic mass is 9.88. The zero-order valence-electron chi connectivity index (χ0n) is 33.5. The Bertz CT molecular complexity index is 2010. The van der Waals surface area contributed by atoms with Gasteiger partial charge in [-0.25, -0.2) is 18.2 Å². The van der Waals surface area contributed by atoms with Crippen LogP contribution < -0.4 is 29.6 Å². The highest BCUT2D eigenvalue weighted by atomic mass is 32.2. The smallest absolute Gasteiger partial charge is 0.408 e. The SMILES string of the molecule is COc1cc2ccnc(OC3CC4C(=O)NC5(C(=O)NS(=O)(=O)C6(C)CC6)CC5C=CCCC(C)CC(C)C(NC(=O)OC(C)(C)C)C(=O)N4C3)c2cc1OC. The summed E-state index contributed by atoms with van der Waals surface area (Å²) in [7, 11) is -0.951. The monoisotopic (exact) mass is 797 g/mol. The van der Waals surface area contributed by atoms with E-state index in [0.29, 0.717) is 42.6 Å². The zero-order valence-corrected chi connectivity index (χ0v) is 34.3. The molecule has 3 fully saturated rings. The van der Waals surface area contributed by atoms with Crippen LogP contribution in [0.4, 0.5) is 4.79 Å². The van der Waals surface area contributed by atoms with E-state index >= 15 is 0 Å². The maximum Gasteiger partial charge on any atom is 0.408 e. The summed E-state index contributed by atoms with van der Waals surface area (Å²) in [5.41, 5.74) is -2.37. The van der Waals surface area contributed by atoms with Crippen LogP contribution in [0.3, 0.4) is 0 Å². The number of amides is 4. The van der Waals surface area contributed by atoms with Crippen molar-refractivity contribution in [3.63, 3.8) is 0 Å². The Morgan fingerprint density at radius 1 is 1.05 bits per heavy atom. The predicted molar refractivity (Wildman–Crippen MR) is 208 cm³/mol. The number of fused-ring (bicyclic) bond motifs is 3. The van der Waals surface area contributed by atoms with Crippen molar-refractivity contribution in [2.45, 2.75) is 121 Å². The summed E-state index contributed by atoms with van der Waals surface area (Å²) in [6, 6.07) is 3.12. The second-order valence-electron chi connectivity index (χ2n) is 17.1. The van der Waals surface area contributed by atoms with Crippen molar-refractivity contribution in [2.24, 2.45) is 17.8 Å². The molecule has 7 atom stereocenters. The fourth-order valence-electron chi connectivity index (χ4n) is 7.76. The second kappa shape index (κ2) is 15.4.